The quantitative estimate of drug-likeness (QED) is 0.722. The molecule has 1 aliphatic rings. The van der Waals surface area contributed by atoms with Gasteiger partial charge < -0.3 is 14.4 Å². The van der Waals surface area contributed by atoms with Crippen LogP contribution in [0.15, 0.2) is 24.3 Å². The lowest BCUT2D eigenvalue weighted by Crippen LogP contribution is -2.34. The van der Waals surface area contributed by atoms with Crippen LogP contribution in [0.3, 0.4) is 0 Å². The smallest absolute Gasteiger partial charge is 0.169 e. The highest BCUT2D eigenvalue weighted by atomic mass is 16.7. The Morgan fingerprint density at radius 1 is 1.28 bits per heavy atom. The van der Waals surface area contributed by atoms with Crippen LogP contribution in [-0.2, 0) is 15.9 Å². The van der Waals surface area contributed by atoms with Gasteiger partial charge in [0.1, 0.15) is 0 Å². The van der Waals surface area contributed by atoms with Crippen LogP contribution in [0.2, 0.25) is 0 Å². The minimum Gasteiger partial charge on any atom is -0.355 e. The van der Waals surface area contributed by atoms with Gasteiger partial charge in [-0.3, -0.25) is 0 Å². The molecule has 0 spiro atoms. The van der Waals surface area contributed by atoms with Crippen molar-refractivity contribution in [3.05, 3.63) is 35.4 Å². The highest BCUT2D eigenvalue weighted by Gasteiger charge is 2.23. The summed E-state index contributed by atoms with van der Waals surface area (Å²) in [4.78, 5) is 2.30. The Balaban J connectivity index is 1.91. The lowest BCUT2D eigenvalue weighted by molar-refractivity contribution is -0.114. The molecule has 1 aromatic rings. The Bertz CT molecular complexity index is 377. The molecule has 3 nitrogen and oxygen atoms in total. The fourth-order valence-corrected chi connectivity index (χ4v) is 2.79. The molecule has 0 bridgehead atoms. The SMILES string of the molecule is COC(CN(C)CC1CCc2ccccc21)OC. The first-order valence-electron chi connectivity index (χ1n) is 6.56. The molecule has 2 rings (SSSR count). The predicted molar refractivity (Wildman–Crippen MR) is 72.8 cm³/mol. The van der Waals surface area contributed by atoms with Crippen molar-refractivity contribution >= 4 is 0 Å². The molecule has 1 aromatic carbocycles. The van der Waals surface area contributed by atoms with Crippen molar-refractivity contribution in [3.8, 4) is 0 Å². The van der Waals surface area contributed by atoms with E-state index in [1.54, 1.807) is 14.2 Å². The fourth-order valence-electron chi connectivity index (χ4n) is 2.79. The van der Waals surface area contributed by atoms with Crippen molar-refractivity contribution in [1.82, 2.24) is 4.90 Å². The van der Waals surface area contributed by atoms with Crippen molar-refractivity contribution in [3.63, 3.8) is 0 Å². The normalized spacial score (nSPS) is 18.6. The van der Waals surface area contributed by atoms with E-state index in [9.17, 15) is 0 Å². The second-order valence-electron chi connectivity index (χ2n) is 5.06. The summed E-state index contributed by atoms with van der Waals surface area (Å²) in [6.07, 6.45) is 2.34. The van der Waals surface area contributed by atoms with Gasteiger partial charge in [-0.2, -0.15) is 0 Å². The number of fused-ring (bicyclic) bond motifs is 1. The Morgan fingerprint density at radius 3 is 2.72 bits per heavy atom. The molecule has 0 saturated carbocycles. The topological polar surface area (TPSA) is 21.7 Å². The van der Waals surface area contributed by atoms with E-state index >= 15 is 0 Å². The molecule has 0 amide bonds. The lowest BCUT2D eigenvalue weighted by atomic mass is 10.0. The van der Waals surface area contributed by atoms with Crippen molar-refractivity contribution in [2.24, 2.45) is 0 Å². The average Bonchev–Trinajstić information content (AvgIpc) is 2.79. The highest BCUT2D eigenvalue weighted by Crippen LogP contribution is 2.33. The molecule has 0 radical (unpaired) electrons. The van der Waals surface area contributed by atoms with E-state index in [-0.39, 0.29) is 6.29 Å². The molecular formula is C15H23NO2. The van der Waals surface area contributed by atoms with Crippen molar-refractivity contribution in [1.29, 1.82) is 0 Å². The van der Waals surface area contributed by atoms with E-state index in [0.717, 1.165) is 13.1 Å². The van der Waals surface area contributed by atoms with Crippen LogP contribution in [-0.4, -0.2) is 45.5 Å². The number of methoxy groups -OCH3 is 2. The first-order chi connectivity index (χ1) is 8.74. The van der Waals surface area contributed by atoms with E-state index in [0.29, 0.717) is 5.92 Å². The third kappa shape index (κ3) is 3.10. The van der Waals surface area contributed by atoms with E-state index in [1.807, 2.05) is 0 Å². The Morgan fingerprint density at radius 2 is 2.00 bits per heavy atom. The maximum atomic E-state index is 5.24. The van der Waals surface area contributed by atoms with Crippen LogP contribution in [0.4, 0.5) is 0 Å². The first-order valence-corrected chi connectivity index (χ1v) is 6.56. The number of rotatable bonds is 6. The highest BCUT2D eigenvalue weighted by molar-refractivity contribution is 5.35. The standard InChI is InChI=1S/C15H23NO2/c1-16(11-15(17-2)18-3)10-13-9-8-12-6-4-5-7-14(12)13/h4-7,13,15H,8-11H2,1-3H3. The number of aryl methyl sites for hydroxylation is 1. The second-order valence-corrected chi connectivity index (χ2v) is 5.06. The average molecular weight is 249 g/mol. The van der Waals surface area contributed by atoms with Crippen molar-refractivity contribution in [2.75, 3.05) is 34.4 Å². The van der Waals surface area contributed by atoms with Gasteiger partial charge in [0.15, 0.2) is 6.29 Å². The molecule has 0 heterocycles. The summed E-state index contributed by atoms with van der Waals surface area (Å²) in [6.45, 7) is 1.88. The van der Waals surface area contributed by atoms with Crippen molar-refractivity contribution < 1.29 is 9.47 Å². The van der Waals surface area contributed by atoms with Gasteiger partial charge in [-0.05, 0) is 36.9 Å². The van der Waals surface area contributed by atoms with Crippen LogP contribution < -0.4 is 0 Å². The second kappa shape index (κ2) is 6.32. The van der Waals surface area contributed by atoms with Gasteiger partial charge >= 0.3 is 0 Å². The molecule has 3 heteroatoms. The Hall–Kier alpha value is -0.900. The summed E-state index contributed by atoms with van der Waals surface area (Å²) in [6, 6.07) is 8.80. The fraction of sp³-hybridized carbons (Fsp3) is 0.600. The zero-order valence-electron chi connectivity index (χ0n) is 11.6. The first kappa shape index (κ1) is 13.5. The number of benzene rings is 1. The monoisotopic (exact) mass is 249 g/mol. The largest absolute Gasteiger partial charge is 0.355 e. The van der Waals surface area contributed by atoms with Gasteiger partial charge in [0.2, 0.25) is 0 Å². The third-order valence-corrected chi connectivity index (χ3v) is 3.78. The Kier molecular flexibility index (Phi) is 4.75. The molecule has 100 valence electrons. The third-order valence-electron chi connectivity index (χ3n) is 3.78. The van der Waals surface area contributed by atoms with Gasteiger partial charge in [0.25, 0.3) is 0 Å². The minimum atomic E-state index is -0.133. The van der Waals surface area contributed by atoms with Gasteiger partial charge in [0.05, 0.1) is 0 Å². The number of ether oxygens (including phenoxy) is 2. The molecule has 18 heavy (non-hydrogen) atoms. The number of nitrogens with zero attached hydrogens (tertiary/aromatic N) is 1. The molecule has 1 aliphatic carbocycles. The van der Waals surface area contributed by atoms with E-state index in [4.69, 9.17) is 9.47 Å². The molecular weight excluding hydrogens is 226 g/mol. The zero-order chi connectivity index (χ0) is 13.0. The molecule has 0 aliphatic heterocycles. The summed E-state index contributed by atoms with van der Waals surface area (Å²) in [5, 5.41) is 0. The van der Waals surface area contributed by atoms with Crippen LogP contribution in [0.25, 0.3) is 0 Å². The molecule has 0 aromatic heterocycles. The minimum absolute atomic E-state index is 0.133. The summed E-state index contributed by atoms with van der Waals surface area (Å²) in [7, 11) is 5.51. The zero-order valence-corrected chi connectivity index (χ0v) is 11.6. The van der Waals surface area contributed by atoms with Gasteiger partial charge in [-0.15, -0.1) is 0 Å². The molecule has 1 unspecified atom stereocenters. The number of hydrogen-bond acceptors (Lipinski definition) is 3. The van der Waals surface area contributed by atoms with Crippen LogP contribution in [0, 0.1) is 0 Å². The molecule has 0 saturated heterocycles. The van der Waals surface area contributed by atoms with Crippen LogP contribution in [0.5, 0.6) is 0 Å². The molecule has 0 fully saturated rings. The van der Waals surface area contributed by atoms with E-state index in [2.05, 4.69) is 36.2 Å². The summed E-state index contributed by atoms with van der Waals surface area (Å²) in [5.41, 5.74) is 3.04. The van der Waals surface area contributed by atoms with E-state index in [1.165, 1.54) is 24.0 Å². The number of likely N-dealkylation sites (N-methyl/N-ethyl adjacent to an activating group) is 1. The predicted octanol–water partition coefficient (Wildman–Crippen LogP) is 2.27. The molecule has 0 N–H and O–H groups in total. The Labute approximate surface area is 110 Å². The van der Waals surface area contributed by atoms with Gasteiger partial charge in [-0.1, -0.05) is 24.3 Å². The van der Waals surface area contributed by atoms with Gasteiger partial charge in [-0.25, -0.2) is 0 Å². The maximum absolute atomic E-state index is 5.24. The summed E-state index contributed by atoms with van der Waals surface area (Å²) in [5.74, 6) is 0.653. The summed E-state index contributed by atoms with van der Waals surface area (Å²) < 4.78 is 10.5. The van der Waals surface area contributed by atoms with Crippen LogP contribution >= 0.6 is 0 Å². The van der Waals surface area contributed by atoms with E-state index < -0.39 is 0 Å². The summed E-state index contributed by atoms with van der Waals surface area (Å²) >= 11 is 0. The lowest BCUT2D eigenvalue weighted by Gasteiger charge is -2.25. The van der Waals surface area contributed by atoms with Crippen molar-refractivity contribution in [2.45, 2.75) is 25.0 Å². The van der Waals surface area contributed by atoms with Gasteiger partial charge in [0, 0.05) is 27.3 Å². The van der Waals surface area contributed by atoms with Crippen LogP contribution in [0.1, 0.15) is 23.5 Å². The number of hydrogen-bond donors (Lipinski definition) is 0. The molecule has 1 atom stereocenters. The maximum Gasteiger partial charge on any atom is 0.169 e.